The van der Waals surface area contributed by atoms with Crippen LogP contribution >= 0.6 is 0 Å². The van der Waals surface area contributed by atoms with Crippen molar-refractivity contribution in [3.63, 3.8) is 0 Å². The van der Waals surface area contributed by atoms with E-state index in [4.69, 9.17) is 0 Å². The molecule has 1 aliphatic rings. The molecule has 16 heavy (non-hydrogen) atoms. The standard InChI is InChI=1S/C15H17N/c1-15(2,3)13-9-10-14(16-11-13)12-7-5-4-6-8-12/h4-5,7,9-10,16H,11H2,1-3H3. The molecule has 0 saturated carbocycles. The predicted octanol–water partition coefficient (Wildman–Crippen LogP) is 3.20. The van der Waals surface area contributed by atoms with Crippen molar-refractivity contribution < 1.29 is 0 Å². The van der Waals surface area contributed by atoms with Gasteiger partial charge in [-0.05, 0) is 29.2 Å². The third kappa shape index (κ3) is 2.28. The van der Waals surface area contributed by atoms with E-state index in [0.717, 1.165) is 17.8 Å². The normalized spacial score (nSPS) is 15.7. The first-order valence-corrected chi connectivity index (χ1v) is 5.61. The maximum atomic E-state index is 3.43. The van der Waals surface area contributed by atoms with Crippen molar-refractivity contribution in [1.29, 1.82) is 0 Å². The van der Waals surface area contributed by atoms with Crippen LogP contribution in [0.1, 0.15) is 26.3 Å². The van der Waals surface area contributed by atoms with E-state index in [9.17, 15) is 0 Å². The second-order valence-corrected chi connectivity index (χ2v) is 5.08. The lowest BCUT2D eigenvalue weighted by molar-refractivity contribution is 0.487. The minimum atomic E-state index is 0.238. The Labute approximate surface area is 97.9 Å². The first-order valence-electron chi connectivity index (χ1n) is 5.61. The van der Waals surface area contributed by atoms with Crippen LogP contribution in [0.3, 0.4) is 0 Å². The minimum Gasteiger partial charge on any atom is -0.380 e. The van der Waals surface area contributed by atoms with Crippen molar-refractivity contribution >= 4 is 5.70 Å². The second kappa shape index (κ2) is 4.06. The summed E-state index contributed by atoms with van der Waals surface area (Å²) in [6.07, 6.45) is 4.34. The summed E-state index contributed by atoms with van der Waals surface area (Å²) in [4.78, 5) is 0. The van der Waals surface area contributed by atoms with E-state index < -0.39 is 0 Å². The molecule has 82 valence electrons. The minimum absolute atomic E-state index is 0.238. The van der Waals surface area contributed by atoms with Gasteiger partial charge in [-0.15, -0.1) is 0 Å². The highest BCUT2D eigenvalue weighted by Gasteiger charge is 2.18. The Morgan fingerprint density at radius 2 is 2.06 bits per heavy atom. The van der Waals surface area contributed by atoms with Crippen LogP contribution in [0, 0.1) is 17.5 Å². The Morgan fingerprint density at radius 3 is 2.56 bits per heavy atom. The zero-order valence-corrected chi connectivity index (χ0v) is 10.1. The van der Waals surface area contributed by atoms with E-state index in [1.165, 1.54) is 5.57 Å². The number of hydrogen-bond donors (Lipinski definition) is 1. The predicted molar refractivity (Wildman–Crippen MR) is 67.6 cm³/mol. The summed E-state index contributed by atoms with van der Waals surface area (Å²) in [5.74, 6) is 0. The van der Waals surface area contributed by atoms with Gasteiger partial charge in [-0.1, -0.05) is 45.0 Å². The summed E-state index contributed by atoms with van der Waals surface area (Å²) in [5.41, 5.74) is 3.87. The molecule has 1 heterocycles. The molecule has 1 N–H and O–H groups in total. The largest absolute Gasteiger partial charge is 0.380 e. The zero-order valence-electron chi connectivity index (χ0n) is 10.1. The van der Waals surface area contributed by atoms with Crippen LogP contribution in [-0.4, -0.2) is 6.54 Å². The molecule has 0 fully saturated rings. The molecule has 0 amide bonds. The van der Waals surface area contributed by atoms with E-state index >= 15 is 0 Å². The van der Waals surface area contributed by atoms with E-state index in [2.05, 4.69) is 50.4 Å². The van der Waals surface area contributed by atoms with Gasteiger partial charge in [0.2, 0.25) is 0 Å². The molecule has 1 nitrogen and oxygen atoms in total. The smallest absolute Gasteiger partial charge is 0.0502 e. The molecule has 0 aliphatic carbocycles. The molecule has 0 radical (unpaired) electrons. The second-order valence-electron chi connectivity index (χ2n) is 5.08. The topological polar surface area (TPSA) is 12.0 Å². The molecule has 0 saturated heterocycles. The Kier molecular flexibility index (Phi) is 2.75. The average Bonchev–Trinajstić information content (AvgIpc) is 2.29. The number of dihydropyridines is 1. The van der Waals surface area contributed by atoms with Gasteiger partial charge in [-0.25, -0.2) is 0 Å². The summed E-state index contributed by atoms with van der Waals surface area (Å²) in [6.45, 7) is 7.63. The number of nitrogens with one attached hydrogen (secondary N) is 1. The Hall–Kier alpha value is -1.68. The fourth-order valence-electron chi connectivity index (χ4n) is 1.70. The Bertz CT molecular complexity index is 418. The molecule has 2 rings (SSSR count). The van der Waals surface area contributed by atoms with E-state index in [1.807, 2.05) is 18.2 Å². The molecule has 1 aromatic carbocycles. The maximum absolute atomic E-state index is 3.43. The number of allylic oxidation sites excluding steroid dienone is 2. The number of hydrogen-bond acceptors (Lipinski definition) is 1. The summed E-state index contributed by atoms with van der Waals surface area (Å²) in [6, 6.07) is 12.0. The van der Waals surface area contributed by atoms with Crippen molar-refractivity contribution in [2.75, 3.05) is 6.54 Å². The Balaban J connectivity index is 2.24. The maximum Gasteiger partial charge on any atom is 0.0502 e. The quantitative estimate of drug-likeness (QED) is 0.752. The molecule has 0 spiro atoms. The first-order chi connectivity index (χ1) is 7.57. The molecule has 1 aliphatic heterocycles. The molecule has 0 aromatic heterocycles. The van der Waals surface area contributed by atoms with Crippen LogP contribution in [0.2, 0.25) is 0 Å². The van der Waals surface area contributed by atoms with Crippen molar-refractivity contribution in [2.24, 2.45) is 5.41 Å². The van der Waals surface area contributed by atoms with Crippen molar-refractivity contribution in [2.45, 2.75) is 20.8 Å². The molecule has 0 unspecified atom stereocenters. The summed E-state index contributed by atoms with van der Waals surface area (Å²) in [5, 5.41) is 3.43. The van der Waals surface area contributed by atoms with Gasteiger partial charge in [0, 0.05) is 12.1 Å². The van der Waals surface area contributed by atoms with Crippen molar-refractivity contribution in [1.82, 2.24) is 5.32 Å². The first kappa shape index (κ1) is 10.8. The van der Waals surface area contributed by atoms with E-state index in [1.54, 1.807) is 0 Å². The zero-order chi connectivity index (χ0) is 11.6. The number of rotatable bonds is 1. The van der Waals surface area contributed by atoms with Crippen LogP contribution in [0.15, 0.2) is 35.9 Å². The lowest BCUT2D eigenvalue weighted by atomic mass is 9.85. The highest BCUT2D eigenvalue weighted by Crippen LogP contribution is 2.27. The van der Waals surface area contributed by atoms with Crippen LogP contribution in [0.4, 0.5) is 0 Å². The van der Waals surface area contributed by atoms with Gasteiger partial charge >= 0.3 is 0 Å². The monoisotopic (exact) mass is 211 g/mol. The Morgan fingerprint density at radius 1 is 1.25 bits per heavy atom. The lowest BCUT2D eigenvalue weighted by Crippen LogP contribution is -2.25. The third-order valence-electron chi connectivity index (χ3n) is 2.82. The van der Waals surface area contributed by atoms with Gasteiger partial charge in [0.15, 0.2) is 0 Å². The van der Waals surface area contributed by atoms with Gasteiger partial charge < -0.3 is 5.32 Å². The summed E-state index contributed by atoms with van der Waals surface area (Å²) < 4.78 is 0. The molecule has 1 aromatic rings. The molecule has 0 atom stereocenters. The van der Waals surface area contributed by atoms with E-state index in [-0.39, 0.29) is 5.41 Å². The highest BCUT2D eigenvalue weighted by molar-refractivity contribution is 5.66. The van der Waals surface area contributed by atoms with Gasteiger partial charge in [-0.3, -0.25) is 0 Å². The van der Waals surface area contributed by atoms with Crippen LogP contribution in [0.5, 0.6) is 0 Å². The van der Waals surface area contributed by atoms with Crippen molar-refractivity contribution in [3.05, 3.63) is 53.6 Å². The van der Waals surface area contributed by atoms with Crippen LogP contribution < -0.4 is 5.32 Å². The van der Waals surface area contributed by atoms with Gasteiger partial charge in [-0.2, -0.15) is 0 Å². The van der Waals surface area contributed by atoms with Crippen molar-refractivity contribution in [3.8, 4) is 0 Å². The summed E-state index contributed by atoms with van der Waals surface area (Å²) >= 11 is 0. The van der Waals surface area contributed by atoms with Gasteiger partial charge in [0.1, 0.15) is 0 Å². The van der Waals surface area contributed by atoms with Gasteiger partial charge in [0.25, 0.3) is 0 Å². The molecular weight excluding hydrogens is 194 g/mol. The SMILES string of the molecule is CC(C)(C)C1=CC=C(c2c#cccc2)NC1. The molecular formula is C15H17N. The lowest BCUT2D eigenvalue weighted by Gasteiger charge is -2.26. The molecule has 1 heteroatoms. The molecule has 0 bridgehead atoms. The average molecular weight is 211 g/mol. The van der Waals surface area contributed by atoms with Crippen LogP contribution in [-0.2, 0) is 0 Å². The summed E-state index contributed by atoms with van der Waals surface area (Å²) in [7, 11) is 0. The van der Waals surface area contributed by atoms with E-state index in [0.29, 0.717) is 0 Å². The fourth-order valence-corrected chi connectivity index (χ4v) is 1.70. The van der Waals surface area contributed by atoms with Gasteiger partial charge in [0.05, 0.1) is 5.70 Å². The van der Waals surface area contributed by atoms with Crippen LogP contribution in [0.25, 0.3) is 5.70 Å². The third-order valence-corrected chi connectivity index (χ3v) is 2.82. The highest BCUT2D eigenvalue weighted by atomic mass is 14.9. The fraction of sp³-hybridized carbons (Fsp3) is 0.333.